The fourth-order valence-electron chi connectivity index (χ4n) is 3.00. The van der Waals surface area contributed by atoms with E-state index >= 15 is 0 Å². The summed E-state index contributed by atoms with van der Waals surface area (Å²) in [5.41, 5.74) is 0.230. The Morgan fingerprint density at radius 3 is 1.62 bits per heavy atom. The minimum Gasteiger partial charge on any atom is -0.315 e. The second-order valence-corrected chi connectivity index (χ2v) is 7.36. The lowest BCUT2D eigenvalue weighted by Gasteiger charge is -2.40. The van der Waals surface area contributed by atoms with E-state index in [1.54, 1.807) is 0 Å². The molecule has 0 saturated carbocycles. The smallest absolute Gasteiger partial charge is 0.0300 e. The van der Waals surface area contributed by atoms with Gasteiger partial charge in [-0.15, -0.1) is 0 Å². The quantitative estimate of drug-likeness (QED) is 0.442. The summed E-state index contributed by atoms with van der Waals surface area (Å²) >= 11 is 0. The molecule has 2 nitrogen and oxygen atoms in total. The first-order chi connectivity index (χ1) is 9.96. The van der Waals surface area contributed by atoms with Gasteiger partial charge in [-0.05, 0) is 41.4 Å². The van der Waals surface area contributed by atoms with Gasteiger partial charge in [-0.25, -0.2) is 0 Å². The number of nitrogens with one attached hydrogen (secondary N) is 1. The lowest BCUT2D eigenvalue weighted by molar-refractivity contribution is 0.135. The summed E-state index contributed by atoms with van der Waals surface area (Å²) in [6.45, 7) is 6.96. The number of rotatable bonds is 14. The van der Waals surface area contributed by atoms with E-state index in [1.165, 1.54) is 70.6 Å². The van der Waals surface area contributed by atoms with Gasteiger partial charge in [-0.1, -0.05) is 71.1 Å². The maximum atomic E-state index is 3.51. The second-order valence-electron chi connectivity index (χ2n) is 7.36. The minimum absolute atomic E-state index is 0.230. The van der Waals surface area contributed by atoms with Gasteiger partial charge >= 0.3 is 0 Å². The van der Waals surface area contributed by atoms with Gasteiger partial charge in [-0.2, -0.15) is 0 Å². The molecule has 21 heavy (non-hydrogen) atoms. The molecule has 0 heterocycles. The summed E-state index contributed by atoms with van der Waals surface area (Å²) < 4.78 is 0. The Balaban J connectivity index is 3.56. The van der Waals surface area contributed by atoms with E-state index in [1.807, 2.05) is 0 Å². The molecule has 0 aromatic rings. The van der Waals surface area contributed by atoms with Crippen molar-refractivity contribution in [3.05, 3.63) is 0 Å². The van der Waals surface area contributed by atoms with Crippen molar-refractivity contribution in [3.63, 3.8) is 0 Å². The molecule has 0 aliphatic heterocycles. The van der Waals surface area contributed by atoms with Crippen LogP contribution in [0.15, 0.2) is 0 Å². The van der Waals surface area contributed by atoms with Crippen molar-refractivity contribution in [1.82, 2.24) is 10.2 Å². The van der Waals surface area contributed by atoms with Crippen LogP contribution >= 0.6 is 0 Å². The van der Waals surface area contributed by atoms with Crippen molar-refractivity contribution >= 4 is 0 Å². The largest absolute Gasteiger partial charge is 0.315 e. The highest BCUT2D eigenvalue weighted by Crippen LogP contribution is 2.21. The SMILES string of the molecule is CCCCCCCCCCCCC(NC)C(C)(C)N(C)C. The number of hydrogen-bond acceptors (Lipinski definition) is 2. The third-order valence-electron chi connectivity index (χ3n) is 5.20. The summed E-state index contributed by atoms with van der Waals surface area (Å²) in [6, 6.07) is 0.585. The third-order valence-corrected chi connectivity index (χ3v) is 5.20. The molecule has 1 atom stereocenters. The van der Waals surface area contributed by atoms with Crippen LogP contribution in [0, 0.1) is 0 Å². The van der Waals surface area contributed by atoms with Crippen LogP contribution in [0.3, 0.4) is 0 Å². The summed E-state index contributed by atoms with van der Waals surface area (Å²) in [7, 11) is 6.47. The third kappa shape index (κ3) is 9.52. The van der Waals surface area contributed by atoms with Crippen LogP contribution in [0.5, 0.6) is 0 Å². The van der Waals surface area contributed by atoms with E-state index < -0.39 is 0 Å². The van der Waals surface area contributed by atoms with Crippen LogP contribution in [0.25, 0.3) is 0 Å². The highest BCUT2D eigenvalue weighted by atomic mass is 15.2. The fraction of sp³-hybridized carbons (Fsp3) is 1.00. The first kappa shape index (κ1) is 20.9. The predicted molar refractivity (Wildman–Crippen MR) is 97.1 cm³/mol. The van der Waals surface area contributed by atoms with Crippen molar-refractivity contribution in [2.45, 2.75) is 103 Å². The van der Waals surface area contributed by atoms with Gasteiger partial charge in [0.2, 0.25) is 0 Å². The Morgan fingerprint density at radius 2 is 1.24 bits per heavy atom. The van der Waals surface area contributed by atoms with Gasteiger partial charge in [0.15, 0.2) is 0 Å². The highest BCUT2D eigenvalue weighted by molar-refractivity contribution is 4.90. The van der Waals surface area contributed by atoms with Crippen LogP contribution < -0.4 is 5.32 Å². The van der Waals surface area contributed by atoms with Gasteiger partial charge in [-0.3, -0.25) is 0 Å². The van der Waals surface area contributed by atoms with Gasteiger partial charge in [0.1, 0.15) is 0 Å². The molecule has 0 aromatic carbocycles. The number of nitrogens with zero attached hydrogens (tertiary/aromatic N) is 1. The van der Waals surface area contributed by atoms with E-state index in [0.29, 0.717) is 6.04 Å². The molecule has 0 aromatic heterocycles. The van der Waals surface area contributed by atoms with Gasteiger partial charge in [0, 0.05) is 11.6 Å². The van der Waals surface area contributed by atoms with Crippen LogP contribution in [-0.4, -0.2) is 37.6 Å². The Kier molecular flexibility index (Phi) is 12.4. The van der Waals surface area contributed by atoms with Crippen LogP contribution in [0.2, 0.25) is 0 Å². The molecule has 0 spiro atoms. The Bertz CT molecular complexity index is 224. The zero-order valence-electron chi connectivity index (χ0n) is 15.8. The molecule has 128 valence electrons. The maximum Gasteiger partial charge on any atom is 0.0300 e. The number of unbranched alkanes of at least 4 members (excludes halogenated alkanes) is 9. The molecule has 0 aliphatic carbocycles. The molecule has 0 radical (unpaired) electrons. The number of hydrogen-bond donors (Lipinski definition) is 1. The Hall–Kier alpha value is -0.0800. The van der Waals surface area contributed by atoms with Crippen molar-refractivity contribution in [2.24, 2.45) is 0 Å². The van der Waals surface area contributed by atoms with Gasteiger partial charge in [0.25, 0.3) is 0 Å². The summed E-state index contributed by atoms with van der Waals surface area (Å²) in [5, 5.41) is 3.51. The zero-order valence-corrected chi connectivity index (χ0v) is 15.8. The standard InChI is InChI=1S/C19H42N2/c1-7-8-9-10-11-12-13-14-15-16-17-18(20-4)19(2,3)21(5)6/h18,20H,7-17H2,1-6H3. The van der Waals surface area contributed by atoms with Crippen molar-refractivity contribution in [1.29, 1.82) is 0 Å². The van der Waals surface area contributed by atoms with E-state index in [4.69, 9.17) is 0 Å². The molecule has 0 bridgehead atoms. The molecule has 1 N–H and O–H groups in total. The van der Waals surface area contributed by atoms with E-state index in [9.17, 15) is 0 Å². The molecule has 2 heteroatoms. The number of likely N-dealkylation sites (N-methyl/N-ethyl adjacent to an activating group) is 2. The highest BCUT2D eigenvalue weighted by Gasteiger charge is 2.29. The zero-order chi connectivity index (χ0) is 16.1. The molecule has 1 unspecified atom stereocenters. The molecule has 0 rings (SSSR count). The van der Waals surface area contributed by atoms with E-state index in [0.717, 1.165) is 0 Å². The minimum atomic E-state index is 0.230. The second kappa shape index (κ2) is 12.5. The molecule has 0 aliphatic rings. The molecular weight excluding hydrogens is 256 g/mol. The predicted octanol–water partition coefficient (Wildman–Crippen LogP) is 5.23. The average molecular weight is 299 g/mol. The van der Waals surface area contributed by atoms with E-state index in [-0.39, 0.29) is 5.54 Å². The van der Waals surface area contributed by atoms with Crippen molar-refractivity contribution in [3.8, 4) is 0 Å². The molecular formula is C19H42N2. The molecule has 0 saturated heterocycles. The topological polar surface area (TPSA) is 15.3 Å². The summed E-state index contributed by atoms with van der Waals surface area (Å²) in [4.78, 5) is 2.34. The fourth-order valence-corrected chi connectivity index (χ4v) is 3.00. The normalized spacial score (nSPS) is 13.9. The van der Waals surface area contributed by atoms with Crippen LogP contribution in [0.4, 0.5) is 0 Å². The van der Waals surface area contributed by atoms with E-state index in [2.05, 4.69) is 52.1 Å². The maximum absolute atomic E-state index is 3.51. The van der Waals surface area contributed by atoms with Crippen LogP contribution in [0.1, 0.15) is 91.4 Å². The molecule has 0 fully saturated rings. The first-order valence-corrected chi connectivity index (χ1v) is 9.31. The first-order valence-electron chi connectivity index (χ1n) is 9.31. The monoisotopic (exact) mass is 298 g/mol. The molecule has 0 amide bonds. The Labute approximate surface area is 135 Å². The van der Waals surface area contributed by atoms with Gasteiger partial charge < -0.3 is 10.2 Å². The lowest BCUT2D eigenvalue weighted by atomic mass is 9.89. The van der Waals surface area contributed by atoms with Crippen molar-refractivity contribution < 1.29 is 0 Å². The average Bonchev–Trinajstić information content (AvgIpc) is 2.44. The summed E-state index contributed by atoms with van der Waals surface area (Å²) in [5.74, 6) is 0. The van der Waals surface area contributed by atoms with Gasteiger partial charge in [0.05, 0.1) is 0 Å². The lowest BCUT2D eigenvalue weighted by Crippen LogP contribution is -2.54. The van der Waals surface area contributed by atoms with Crippen LogP contribution in [-0.2, 0) is 0 Å². The summed E-state index contributed by atoms with van der Waals surface area (Å²) in [6.07, 6.45) is 15.5. The van der Waals surface area contributed by atoms with Crippen molar-refractivity contribution in [2.75, 3.05) is 21.1 Å². The Morgan fingerprint density at radius 1 is 0.810 bits per heavy atom.